The third-order valence-electron chi connectivity index (χ3n) is 1.97. The number of Topliss-reactive ketones (excluding diaryl/α,β-unsaturated/α-hetero) is 1. The van der Waals surface area contributed by atoms with E-state index in [0.717, 1.165) is 0 Å². The van der Waals surface area contributed by atoms with Crippen LogP contribution in [-0.4, -0.2) is 24.0 Å². The zero-order chi connectivity index (χ0) is 11.3. The largest absolute Gasteiger partial charge is 0.504 e. The summed E-state index contributed by atoms with van der Waals surface area (Å²) in [5.41, 5.74) is 5.55. The summed E-state index contributed by atoms with van der Waals surface area (Å²) < 4.78 is 5.17. The molecule has 0 radical (unpaired) electrons. The number of carbonyl (C=O) groups excluding carboxylic acids is 1. The number of carbonyl (C=O) groups is 1. The Hall–Kier alpha value is -1.55. The second-order valence-corrected chi connectivity index (χ2v) is 3.05. The van der Waals surface area contributed by atoms with Gasteiger partial charge in [0, 0.05) is 6.42 Å². The molecule has 0 aliphatic carbocycles. The first-order valence-electron chi connectivity index (χ1n) is 4.88. The van der Waals surface area contributed by atoms with Gasteiger partial charge in [-0.05, 0) is 25.6 Å². The third-order valence-corrected chi connectivity index (χ3v) is 1.97. The number of hydrogen-bond donors (Lipinski definition) is 2. The van der Waals surface area contributed by atoms with Gasteiger partial charge in [0.15, 0.2) is 17.3 Å². The summed E-state index contributed by atoms with van der Waals surface area (Å²) in [6.07, 6.45) is 0.225. The smallest absolute Gasteiger partial charge is 0.168 e. The molecule has 1 rings (SSSR count). The predicted octanol–water partition coefficient (Wildman–Crippen LogP) is 1.32. The molecule has 0 bridgehead atoms. The molecule has 0 spiro atoms. The highest BCUT2D eigenvalue weighted by atomic mass is 16.5. The average Bonchev–Trinajstić information content (AvgIpc) is 2.22. The molecule has 0 atom stereocenters. The number of rotatable bonds is 5. The van der Waals surface area contributed by atoms with Crippen LogP contribution in [0.15, 0.2) is 18.2 Å². The van der Waals surface area contributed by atoms with Crippen LogP contribution in [0.1, 0.15) is 23.7 Å². The fourth-order valence-electron chi connectivity index (χ4n) is 1.29. The van der Waals surface area contributed by atoms with Crippen molar-refractivity contribution in [2.45, 2.75) is 13.3 Å². The molecule has 4 nitrogen and oxygen atoms in total. The van der Waals surface area contributed by atoms with Gasteiger partial charge in [-0.3, -0.25) is 4.79 Å². The van der Waals surface area contributed by atoms with Gasteiger partial charge in [-0.25, -0.2) is 0 Å². The van der Waals surface area contributed by atoms with Crippen molar-refractivity contribution in [1.82, 2.24) is 0 Å². The molecule has 0 fully saturated rings. The lowest BCUT2D eigenvalue weighted by Gasteiger charge is -2.08. The van der Waals surface area contributed by atoms with Gasteiger partial charge in [-0.1, -0.05) is 6.07 Å². The first kappa shape index (κ1) is 11.5. The molecular weight excluding hydrogens is 194 g/mol. The fourth-order valence-corrected chi connectivity index (χ4v) is 1.29. The van der Waals surface area contributed by atoms with E-state index in [1.165, 1.54) is 0 Å². The minimum atomic E-state index is -0.170. The number of para-hydroxylation sites is 1. The summed E-state index contributed by atoms with van der Waals surface area (Å²) in [5.74, 6) is 0.0646. The highest BCUT2D eigenvalue weighted by molar-refractivity contribution is 5.99. The Morgan fingerprint density at radius 2 is 2.27 bits per heavy atom. The maximum absolute atomic E-state index is 11.5. The van der Waals surface area contributed by atoms with Crippen molar-refractivity contribution in [3.8, 4) is 11.5 Å². The molecule has 15 heavy (non-hydrogen) atoms. The van der Waals surface area contributed by atoms with Crippen LogP contribution in [0.4, 0.5) is 0 Å². The minimum Gasteiger partial charge on any atom is -0.504 e. The van der Waals surface area contributed by atoms with Gasteiger partial charge >= 0.3 is 0 Å². The van der Waals surface area contributed by atoms with Gasteiger partial charge in [-0.15, -0.1) is 0 Å². The van der Waals surface area contributed by atoms with Crippen molar-refractivity contribution in [2.75, 3.05) is 13.2 Å². The second kappa shape index (κ2) is 5.36. The van der Waals surface area contributed by atoms with Crippen LogP contribution in [0.5, 0.6) is 11.5 Å². The molecule has 0 aliphatic rings. The number of hydrogen-bond acceptors (Lipinski definition) is 4. The summed E-state index contributed by atoms with van der Waals surface area (Å²) in [6.45, 7) is 2.53. The number of aromatic hydroxyl groups is 1. The normalized spacial score (nSPS) is 10.0. The van der Waals surface area contributed by atoms with E-state index < -0.39 is 0 Å². The number of ether oxygens (including phenoxy) is 1. The monoisotopic (exact) mass is 209 g/mol. The standard InChI is InChI=1S/C11H15NO3/c1-2-15-10-5-3-4-8(11(10)14)9(13)6-7-12/h3-5,14H,2,6-7,12H2,1H3. The van der Waals surface area contributed by atoms with E-state index in [4.69, 9.17) is 10.5 Å². The van der Waals surface area contributed by atoms with Crippen LogP contribution >= 0.6 is 0 Å². The zero-order valence-corrected chi connectivity index (χ0v) is 8.69. The molecule has 0 unspecified atom stereocenters. The Morgan fingerprint density at radius 1 is 1.53 bits per heavy atom. The zero-order valence-electron chi connectivity index (χ0n) is 8.69. The van der Waals surface area contributed by atoms with Crippen LogP contribution < -0.4 is 10.5 Å². The quantitative estimate of drug-likeness (QED) is 0.717. The highest BCUT2D eigenvalue weighted by Crippen LogP contribution is 2.30. The van der Waals surface area contributed by atoms with E-state index in [1.807, 2.05) is 6.92 Å². The minimum absolute atomic E-state index is 0.0993. The molecule has 0 aliphatic heterocycles. The summed E-state index contributed by atoms with van der Waals surface area (Å²) in [6, 6.07) is 4.86. The van der Waals surface area contributed by atoms with E-state index in [-0.39, 0.29) is 30.1 Å². The van der Waals surface area contributed by atoms with Crippen LogP contribution in [0.25, 0.3) is 0 Å². The molecular formula is C11H15NO3. The van der Waals surface area contributed by atoms with Gasteiger partial charge in [0.05, 0.1) is 12.2 Å². The SMILES string of the molecule is CCOc1cccc(C(=O)CCN)c1O. The number of phenolic OH excluding ortho intramolecular Hbond substituents is 1. The van der Waals surface area contributed by atoms with Crippen molar-refractivity contribution >= 4 is 5.78 Å². The lowest BCUT2D eigenvalue weighted by Crippen LogP contribution is -2.08. The Kier molecular flexibility index (Phi) is 4.12. The summed E-state index contributed by atoms with van der Waals surface area (Å²) in [4.78, 5) is 11.5. The first-order chi connectivity index (χ1) is 7.20. The van der Waals surface area contributed by atoms with Crippen LogP contribution in [-0.2, 0) is 0 Å². The van der Waals surface area contributed by atoms with Crippen molar-refractivity contribution in [3.05, 3.63) is 23.8 Å². The number of ketones is 1. The molecule has 1 aromatic carbocycles. The van der Waals surface area contributed by atoms with Crippen LogP contribution in [0, 0.1) is 0 Å². The lowest BCUT2D eigenvalue weighted by atomic mass is 10.1. The molecule has 0 saturated carbocycles. The van der Waals surface area contributed by atoms with Crippen LogP contribution in [0.3, 0.4) is 0 Å². The molecule has 1 aromatic rings. The first-order valence-corrected chi connectivity index (χ1v) is 4.88. The van der Waals surface area contributed by atoms with E-state index in [9.17, 15) is 9.90 Å². The molecule has 3 N–H and O–H groups in total. The topological polar surface area (TPSA) is 72.5 Å². The van der Waals surface area contributed by atoms with Gasteiger partial charge < -0.3 is 15.6 Å². The molecule has 0 saturated heterocycles. The summed E-state index contributed by atoms with van der Waals surface area (Å²) >= 11 is 0. The maximum Gasteiger partial charge on any atom is 0.168 e. The van der Waals surface area contributed by atoms with Gasteiger partial charge in [0.2, 0.25) is 0 Å². The summed E-state index contributed by atoms with van der Waals surface area (Å²) in [7, 11) is 0. The molecule has 0 amide bonds. The maximum atomic E-state index is 11.5. The third kappa shape index (κ3) is 2.70. The molecule has 82 valence electrons. The van der Waals surface area contributed by atoms with Crippen molar-refractivity contribution in [2.24, 2.45) is 5.73 Å². The van der Waals surface area contributed by atoms with Crippen LogP contribution in [0.2, 0.25) is 0 Å². The van der Waals surface area contributed by atoms with E-state index in [1.54, 1.807) is 18.2 Å². The molecule has 4 heteroatoms. The number of benzene rings is 1. The Labute approximate surface area is 88.7 Å². The predicted molar refractivity (Wildman–Crippen MR) is 57.3 cm³/mol. The van der Waals surface area contributed by atoms with E-state index in [0.29, 0.717) is 12.4 Å². The van der Waals surface area contributed by atoms with Crippen molar-refractivity contribution in [3.63, 3.8) is 0 Å². The number of phenols is 1. The second-order valence-electron chi connectivity index (χ2n) is 3.05. The van der Waals surface area contributed by atoms with Crippen molar-refractivity contribution in [1.29, 1.82) is 0 Å². The fraction of sp³-hybridized carbons (Fsp3) is 0.364. The molecule has 0 aromatic heterocycles. The Bertz CT molecular complexity index is 350. The average molecular weight is 209 g/mol. The Morgan fingerprint density at radius 3 is 2.87 bits per heavy atom. The van der Waals surface area contributed by atoms with Gasteiger partial charge in [0.25, 0.3) is 0 Å². The highest BCUT2D eigenvalue weighted by Gasteiger charge is 2.13. The lowest BCUT2D eigenvalue weighted by molar-refractivity contribution is 0.0982. The van der Waals surface area contributed by atoms with E-state index >= 15 is 0 Å². The Balaban J connectivity index is 2.98. The number of nitrogens with two attached hydrogens (primary N) is 1. The van der Waals surface area contributed by atoms with Crippen molar-refractivity contribution < 1.29 is 14.6 Å². The van der Waals surface area contributed by atoms with E-state index in [2.05, 4.69) is 0 Å². The van der Waals surface area contributed by atoms with Gasteiger partial charge in [0.1, 0.15) is 0 Å². The molecule has 0 heterocycles. The summed E-state index contributed by atoms with van der Waals surface area (Å²) in [5, 5.41) is 9.73. The van der Waals surface area contributed by atoms with Gasteiger partial charge in [-0.2, -0.15) is 0 Å².